The third-order valence-corrected chi connectivity index (χ3v) is 1.50. The lowest BCUT2D eigenvalue weighted by atomic mass is 10.1. The van der Waals surface area contributed by atoms with Gasteiger partial charge in [0.15, 0.2) is 0 Å². The zero-order valence-corrected chi connectivity index (χ0v) is 8.94. The summed E-state index contributed by atoms with van der Waals surface area (Å²) in [5.74, 6) is 0. The maximum absolute atomic E-state index is 8.50. The molecule has 0 rings (SSSR count). The molecule has 0 aliphatic carbocycles. The Labute approximate surface area is 94.2 Å². The molecule has 0 heterocycles. The van der Waals surface area contributed by atoms with Crippen LogP contribution >= 0.6 is 0 Å². The summed E-state index contributed by atoms with van der Waals surface area (Å²) >= 11 is 0. The molecule has 0 amide bonds. The zero-order chi connectivity index (χ0) is 12.6. The van der Waals surface area contributed by atoms with Gasteiger partial charge in [-0.3, -0.25) is 4.99 Å². The molecule has 0 radical (unpaired) electrons. The van der Waals surface area contributed by atoms with Crippen molar-refractivity contribution in [1.29, 1.82) is 10.5 Å². The minimum atomic E-state index is 0.0225. The van der Waals surface area contributed by atoms with Crippen LogP contribution in [0.4, 0.5) is 0 Å². The van der Waals surface area contributed by atoms with Gasteiger partial charge < -0.3 is 5.73 Å². The van der Waals surface area contributed by atoms with Gasteiger partial charge in [0, 0.05) is 18.8 Å². The van der Waals surface area contributed by atoms with Gasteiger partial charge in [0.1, 0.15) is 23.5 Å². The van der Waals surface area contributed by atoms with Crippen LogP contribution in [0, 0.1) is 22.7 Å². The largest absolute Gasteiger partial charge is 0.390 e. The van der Waals surface area contributed by atoms with E-state index in [0.717, 1.165) is 0 Å². The quantitative estimate of drug-likeness (QED) is 0.558. The van der Waals surface area contributed by atoms with Gasteiger partial charge in [-0.25, -0.2) is 4.99 Å². The number of rotatable bonds is 4. The summed E-state index contributed by atoms with van der Waals surface area (Å²) in [7, 11) is 1.54. The first-order valence-electron chi connectivity index (χ1n) is 4.21. The average molecular weight is 213 g/mol. The summed E-state index contributed by atoms with van der Waals surface area (Å²) in [5.41, 5.74) is 6.29. The third kappa shape index (κ3) is 4.54. The smallest absolute Gasteiger partial charge is 0.133 e. The maximum atomic E-state index is 8.50. The Balaban J connectivity index is 4.87. The Morgan fingerprint density at radius 2 is 1.94 bits per heavy atom. The van der Waals surface area contributed by atoms with Crippen molar-refractivity contribution in [2.24, 2.45) is 15.7 Å². The molecule has 0 atom stereocenters. The van der Waals surface area contributed by atoms with E-state index in [1.807, 2.05) is 0 Å². The number of nitrogens with two attached hydrogens (primary N) is 1. The molecule has 0 unspecified atom stereocenters. The lowest BCUT2D eigenvalue weighted by molar-refractivity contribution is 1.38. The van der Waals surface area contributed by atoms with Crippen molar-refractivity contribution in [2.45, 2.75) is 0 Å². The van der Waals surface area contributed by atoms with E-state index in [9.17, 15) is 0 Å². The van der Waals surface area contributed by atoms with Gasteiger partial charge in [-0.15, -0.1) is 0 Å². The second-order valence-electron chi connectivity index (χ2n) is 2.66. The van der Waals surface area contributed by atoms with Gasteiger partial charge in [0.25, 0.3) is 0 Å². The predicted molar refractivity (Wildman–Crippen MR) is 63.6 cm³/mol. The number of aliphatic imine (C=N–C) groups is 2. The fourth-order valence-electron chi connectivity index (χ4n) is 0.731. The molecule has 0 bridgehead atoms. The number of nitriles is 2. The van der Waals surface area contributed by atoms with E-state index < -0.39 is 0 Å². The molecule has 0 saturated carbocycles. The molecule has 0 saturated heterocycles. The molecule has 0 aromatic heterocycles. The molecule has 80 valence electrons. The van der Waals surface area contributed by atoms with E-state index in [1.54, 1.807) is 12.1 Å². The third-order valence-electron chi connectivity index (χ3n) is 1.50. The Hall–Kier alpha value is -2.66. The molecule has 0 aromatic carbocycles. The van der Waals surface area contributed by atoms with Gasteiger partial charge in [-0.05, 0) is 6.08 Å². The second-order valence-corrected chi connectivity index (χ2v) is 2.66. The van der Waals surface area contributed by atoms with Crippen molar-refractivity contribution in [1.82, 2.24) is 0 Å². The number of nitrogens with zero attached hydrogens (tertiary/aromatic N) is 4. The highest BCUT2D eigenvalue weighted by Gasteiger charge is 1.99. The topological polar surface area (TPSA) is 98.3 Å². The van der Waals surface area contributed by atoms with Crippen LogP contribution in [-0.4, -0.2) is 19.0 Å². The maximum Gasteiger partial charge on any atom is 0.133 e. The molecule has 0 aromatic rings. The summed E-state index contributed by atoms with van der Waals surface area (Å²) in [5, 5.41) is 16.9. The minimum absolute atomic E-state index is 0.0225. The highest BCUT2D eigenvalue weighted by atomic mass is 14.7. The molecule has 5 heteroatoms. The van der Waals surface area contributed by atoms with Crippen LogP contribution in [0.15, 0.2) is 46.2 Å². The normalized spacial score (nSPS) is 11.9. The first kappa shape index (κ1) is 13.3. The van der Waals surface area contributed by atoms with Gasteiger partial charge in [0.05, 0.1) is 5.71 Å². The van der Waals surface area contributed by atoms with Crippen LogP contribution in [0.3, 0.4) is 0 Å². The highest BCUT2D eigenvalue weighted by molar-refractivity contribution is 6.21. The molecule has 0 aliphatic rings. The molecule has 16 heavy (non-hydrogen) atoms. The molecule has 2 N–H and O–H groups in total. The van der Waals surface area contributed by atoms with Gasteiger partial charge in [-0.2, -0.15) is 10.5 Å². The van der Waals surface area contributed by atoms with Crippen molar-refractivity contribution in [3.8, 4) is 12.1 Å². The SMILES string of the molecule is C=C(C#N)N=CC(=C)C(C=C(N)C#N)=NC. The van der Waals surface area contributed by atoms with Crippen molar-refractivity contribution >= 4 is 11.9 Å². The summed E-state index contributed by atoms with van der Waals surface area (Å²) in [4.78, 5) is 7.62. The first-order valence-corrected chi connectivity index (χ1v) is 4.21. The Morgan fingerprint density at radius 1 is 1.31 bits per heavy atom. The summed E-state index contributed by atoms with van der Waals surface area (Å²) in [6, 6.07) is 3.53. The van der Waals surface area contributed by atoms with Crippen LogP contribution < -0.4 is 5.73 Å². The summed E-state index contributed by atoms with van der Waals surface area (Å²) in [6.07, 6.45) is 2.72. The number of hydrogen-bond donors (Lipinski definition) is 1. The van der Waals surface area contributed by atoms with Crippen LogP contribution in [0.25, 0.3) is 0 Å². The predicted octanol–water partition coefficient (Wildman–Crippen LogP) is 1.09. The molecule has 5 nitrogen and oxygen atoms in total. The zero-order valence-electron chi connectivity index (χ0n) is 8.94. The molecule has 0 spiro atoms. The standard InChI is InChI=1S/C11H11N5/c1-8(7-16-9(2)5-12)11(15-3)4-10(14)6-13/h4,7H,1-2,14H2,3H3. The van der Waals surface area contributed by atoms with Crippen LogP contribution in [0.1, 0.15) is 0 Å². The Bertz CT molecular complexity index is 466. The average Bonchev–Trinajstić information content (AvgIpc) is 2.31. The van der Waals surface area contributed by atoms with Gasteiger partial charge >= 0.3 is 0 Å². The number of hydrogen-bond acceptors (Lipinski definition) is 5. The van der Waals surface area contributed by atoms with Crippen molar-refractivity contribution < 1.29 is 0 Å². The monoisotopic (exact) mass is 213 g/mol. The highest BCUT2D eigenvalue weighted by Crippen LogP contribution is 1.98. The fourth-order valence-corrected chi connectivity index (χ4v) is 0.731. The van der Waals surface area contributed by atoms with E-state index in [0.29, 0.717) is 11.3 Å². The number of allylic oxidation sites excluding steroid dienone is 4. The molecule has 0 aliphatic heterocycles. The lowest BCUT2D eigenvalue weighted by Gasteiger charge is -1.98. The Kier molecular flexibility index (Phi) is 5.62. The summed E-state index contributed by atoms with van der Waals surface area (Å²) < 4.78 is 0. The van der Waals surface area contributed by atoms with Gasteiger partial charge in [0.2, 0.25) is 0 Å². The second kappa shape index (κ2) is 6.74. The van der Waals surface area contributed by atoms with E-state index >= 15 is 0 Å². The van der Waals surface area contributed by atoms with E-state index in [1.165, 1.54) is 19.3 Å². The van der Waals surface area contributed by atoms with Crippen molar-refractivity contribution in [3.05, 3.63) is 36.2 Å². The van der Waals surface area contributed by atoms with Crippen LogP contribution in [0.5, 0.6) is 0 Å². The van der Waals surface area contributed by atoms with Crippen LogP contribution in [-0.2, 0) is 0 Å². The lowest BCUT2D eigenvalue weighted by Crippen LogP contribution is -2.04. The van der Waals surface area contributed by atoms with Crippen molar-refractivity contribution in [2.75, 3.05) is 7.05 Å². The van der Waals surface area contributed by atoms with Crippen molar-refractivity contribution in [3.63, 3.8) is 0 Å². The van der Waals surface area contributed by atoms with Crippen LogP contribution in [0.2, 0.25) is 0 Å². The minimum Gasteiger partial charge on any atom is -0.390 e. The molecular weight excluding hydrogens is 202 g/mol. The van der Waals surface area contributed by atoms with E-state index in [-0.39, 0.29) is 11.4 Å². The molecular formula is C11H11N5. The van der Waals surface area contributed by atoms with Gasteiger partial charge in [-0.1, -0.05) is 13.2 Å². The Morgan fingerprint density at radius 3 is 2.38 bits per heavy atom. The fraction of sp³-hybridized carbons (Fsp3) is 0.0909. The van der Waals surface area contributed by atoms with E-state index in [2.05, 4.69) is 23.1 Å². The van der Waals surface area contributed by atoms with E-state index in [4.69, 9.17) is 16.3 Å². The first-order chi connectivity index (χ1) is 7.54. The molecule has 0 fully saturated rings. The summed E-state index contributed by atoms with van der Waals surface area (Å²) in [6.45, 7) is 7.05.